The number of hydrogen-bond donors (Lipinski definition) is 0. The molecule has 0 amide bonds. The largest absolute Gasteiger partial charge is 0.342 e. The Balaban J connectivity index is 2.05. The Kier molecular flexibility index (Phi) is 3.61. The van der Waals surface area contributed by atoms with Crippen LogP contribution in [0.25, 0.3) is 0 Å². The Morgan fingerprint density at radius 1 is 1.27 bits per heavy atom. The van der Waals surface area contributed by atoms with Gasteiger partial charge in [0.15, 0.2) is 5.79 Å². The lowest BCUT2D eigenvalue weighted by atomic mass is 10.1. The van der Waals surface area contributed by atoms with Gasteiger partial charge in [-0.05, 0) is 25.8 Å². The van der Waals surface area contributed by atoms with Crippen LogP contribution in [0.3, 0.4) is 0 Å². The van der Waals surface area contributed by atoms with Gasteiger partial charge in [0.1, 0.15) is 12.2 Å². The van der Waals surface area contributed by atoms with Gasteiger partial charge in [0.05, 0.1) is 6.04 Å². The summed E-state index contributed by atoms with van der Waals surface area (Å²) >= 11 is 0. The standard InChI is InChI=1S/C16H22N2O4/c1-5-6-10-9-11(14-13(10)21-16(2,3)22-14)18-8-7-12(19)17(4)15(18)20/h7-9,11,13-14H,5-6H2,1-4H3. The molecule has 6 nitrogen and oxygen atoms in total. The Morgan fingerprint density at radius 2 is 2.00 bits per heavy atom. The summed E-state index contributed by atoms with van der Waals surface area (Å²) in [5.74, 6) is -0.662. The SMILES string of the molecule is CCCC1=CC(n2ccc(=O)n(C)c2=O)C2OC(C)(C)OC12. The van der Waals surface area contributed by atoms with Gasteiger partial charge in [0, 0.05) is 19.3 Å². The van der Waals surface area contributed by atoms with E-state index in [1.807, 2.05) is 13.8 Å². The Labute approximate surface area is 129 Å². The van der Waals surface area contributed by atoms with Crippen LogP contribution >= 0.6 is 0 Å². The van der Waals surface area contributed by atoms with Gasteiger partial charge in [-0.15, -0.1) is 0 Å². The summed E-state index contributed by atoms with van der Waals surface area (Å²) in [5, 5.41) is 0. The van der Waals surface area contributed by atoms with Gasteiger partial charge in [-0.25, -0.2) is 4.79 Å². The van der Waals surface area contributed by atoms with Gasteiger partial charge in [0.25, 0.3) is 5.56 Å². The lowest BCUT2D eigenvalue weighted by Gasteiger charge is -2.22. The molecule has 3 atom stereocenters. The quantitative estimate of drug-likeness (QED) is 0.791. The van der Waals surface area contributed by atoms with Crippen LogP contribution in [-0.2, 0) is 16.5 Å². The van der Waals surface area contributed by atoms with E-state index in [2.05, 4.69) is 13.0 Å². The van der Waals surface area contributed by atoms with Crippen molar-refractivity contribution in [1.29, 1.82) is 0 Å². The van der Waals surface area contributed by atoms with E-state index in [1.54, 1.807) is 10.8 Å². The van der Waals surface area contributed by atoms with E-state index < -0.39 is 5.79 Å². The average molecular weight is 306 g/mol. The first-order valence-electron chi connectivity index (χ1n) is 7.68. The Bertz CT molecular complexity index is 728. The van der Waals surface area contributed by atoms with Gasteiger partial charge >= 0.3 is 5.69 Å². The Morgan fingerprint density at radius 3 is 2.68 bits per heavy atom. The average Bonchev–Trinajstić information content (AvgIpc) is 2.92. The normalized spacial score (nSPS) is 29.5. The highest BCUT2D eigenvalue weighted by Crippen LogP contribution is 2.43. The molecule has 1 aromatic rings. The summed E-state index contributed by atoms with van der Waals surface area (Å²) in [6.45, 7) is 5.88. The molecule has 0 spiro atoms. The van der Waals surface area contributed by atoms with Crippen molar-refractivity contribution in [3.63, 3.8) is 0 Å². The van der Waals surface area contributed by atoms with Crippen LogP contribution in [-0.4, -0.2) is 27.1 Å². The number of aromatic nitrogens is 2. The highest BCUT2D eigenvalue weighted by Gasteiger charge is 2.50. The fourth-order valence-corrected chi connectivity index (χ4v) is 3.30. The van der Waals surface area contributed by atoms with Crippen molar-refractivity contribution < 1.29 is 9.47 Å². The maximum Gasteiger partial charge on any atom is 0.331 e. The van der Waals surface area contributed by atoms with Crippen LogP contribution < -0.4 is 11.2 Å². The molecule has 1 aromatic heterocycles. The maximum atomic E-state index is 12.4. The van der Waals surface area contributed by atoms with Gasteiger partial charge in [-0.2, -0.15) is 0 Å². The van der Waals surface area contributed by atoms with E-state index in [0.717, 1.165) is 17.4 Å². The minimum atomic E-state index is -0.662. The molecule has 0 N–H and O–H groups in total. The second-order valence-corrected chi connectivity index (χ2v) is 6.41. The second-order valence-electron chi connectivity index (χ2n) is 6.41. The summed E-state index contributed by atoms with van der Waals surface area (Å²) in [7, 11) is 1.49. The minimum Gasteiger partial charge on any atom is -0.342 e. The number of hydrogen-bond acceptors (Lipinski definition) is 4. The van der Waals surface area contributed by atoms with Crippen molar-refractivity contribution in [1.82, 2.24) is 9.13 Å². The molecule has 0 radical (unpaired) electrons. The third-order valence-corrected chi connectivity index (χ3v) is 4.29. The topological polar surface area (TPSA) is 62.5 Å². The van der Waals surface area contributed by atoms with Crippen LogP contribution in [0.4, 0.5) is 0 Å². The molecule has 1 aliphatic heterocycles. The number of fused-ring (bicyclic) bond motifs is 1. The highest BCUT2D eigenvalue weighted by atomic mass is 16.8. The second kappa shape index (κ2) is 5.21. The minimum absolute atomic E-state index is 0.121. The zero-order chi connectivity index (χ0) is 16.1. The van der Waals surface area contributed by atoms with E-state index >= 15 is 0 Å². The van der Waals surface area contributed by atoms with Gasteiger partial charge in [-0.3, -0.25) is 13.9 Å². The molecule has 6 heteroatoms. The van der Waals surface area contributed by atoms with Gasteiger partial charge in [0.2, 0.25) is 0 Å². The monoisotopic (exact) mass is 306 g/mol. The van der Waals surface area contributed by atoms with E-state index in [0.29, 0.717) is 0 Å². The molecule has 120 valence electrons. The summed E-state index contributed by atoms with van der Waals surface area (Å²) < 4.78 is 14.7. The molecule has 2 heterocycles. The zero-order valence-corrected chi connectivity index (χ0v) is 13.4. The van der Waals surface area contributed by atoms with E-state index in [4.69, 9.17) is 9.47 Å². The highest BCUT2D eigenvalue weighted by molar-refractivity contribution is 5.25. The molecule has 2 aliphatic rings. The van der Waals surface area contributed by atoms with Crippen LogP contribution in [0.15, 0.2) is 33.5 Å². The third-order valence-electron chi connectivity index (χ3n) is 4.29. The van der Waals surface area contributed by atoms with Crippen molar-refractivity contribution in [3.05, 3.63) is 44.8 Å². The van der Waals surface area contributed by atoms with Crippen molar-refractivity contribution in [2.45, 2.75) is 57.6 Å². The lowest BCUT2D eigenvalue weighted by molar-refractivity contribution is -0.148. The molecule has 0 bridgehead atoms. The molecule has 22 heavy (non-hydrogen) atoms. The van der Waals surface area contributed by atoms with Crippen LogP contribution in [0.1, 0.15) is 39.7 Å². The molecular formula is C16H22N2O4. The van der Waals surface area contributed by atoms with Crippen molar-refractivity contribution >= 4 is 0 Å². The summed E-state index contributed by atoms with van der Waals surface area (Å²) in [6, 6.07) is 1.16. The molecular weight excluding hydrogens is 284 g/mol. The van der Waals surface area contributed by atoms with Gasteiger partial charge < -0.3 is 9.47 Å². The first-order chi connectivity index (χ1) is 10.3. The first-order valence-corrected chi connectivity index (χ1v) is 7.68. The smallest absolute Gasteiger partial charge is 0.331 e. The van der Waals surface area contributed by atoms with Crippen LogP contribution in [0, 0.1) is 0 Å². The van der Waals surface area contributed by atoms with Crippen molar-refractivity contribution in [2.75, 3.05) is 0 Å². The predicted octanol–water partition coefficient (Wildman–Crippen LogP) is 1.35. The zero-order valence-electron chi connectivity index (χ0n) is 13.4. The van der Waals surface area contributed by atoms with Crippen LogP contribution in [0.5, 0.6) is 0 Å². The molecule has 1 saturated heterocycles. The molecule has 3 rings (SSSR count). The lowest BCUT2D eigenvalue weighted by Crippen LogP contribution is -2.41. The molecule has 0 aromatic carbocycles. The fourth-order valence-electron chi connectivity index (χ4n) is 3.30. The van der Waals surface area contributed by atoms with E-state index in [1.165, 1.54) is 18.7 Å². The van der Waals surface area contributed by atoms with E-state index in [9.17, 15) is 9.59 Å². The number of nitrogens with zero attached hydrogens (tertiary/aromatic N) is 2. The number of rotatable bonds is 3. The summed E-state index contributed by atoms with van der Waals surface area (Å²) in [6.07, 6.45) is 5.17. The third kappa shape index (κ3) is 2.36. The van der Waals surface area contributed by atoms with Crippen molar-refractivity contribution in [3.8, 4) is 0 Å². The molecule has 0 saturated carbocycles. The van der Waals surface area contributed by atoms with E-state index in [-0.39, 0.29) is 29.5 Å². The van der Waals surface area contributed by atoms with Gasteiger partial charge in [-0.1, -0.05) is 19.4 Å². The molecule has 1 fully saturated rings. The summed E-state index contributed by atoms with van der Waals surface area (Å²) in [4.78, 5) is 24.0. The van der Waals surface area contributed by atoms with Crippen molar-refractivity contribution in [2.24, 2.45) is 7.05 Å². The molecule has 3 unspecified atom stereocenters. The summed E-state index contributed by atoms with van der Waals surface area (Å²) in [5.41, 5.74) is 0.528. The van der Waals surface area contributed by atoms with Crippen LogP contribution in [0.2, 0.25) is 0 Å². The Hall–Kier alpha value is -1.66. The molecule has 1 aliphatic carbocycles. The predicted molar refractivity (Wildman–Crippen MR) is 81.8 cm³/mol. The maximum absolute atomic E-state index is 12.4. The first kappa shape index (κ1) is 15.2. The number of ether oxygens (including phenoxy) is 2. The fraction of sp³-hybridized carbons (Fsp3) is 0.625.